The highest BCUT2D eigenvalue weighted by Gasteiger charge is 2.20. The monoisotopic (exact) mass is 600 g/mol. The maximum Gasteiger partial charge on any atom is 0.261 e. The van der Waals surface area contributed by atoms with E-state index in [1.165, 1.54) is 9.58 Å². The first-order valence-corrected chi connectivity index (χ1v) is 16.0. The van der Waals surface area contributed by atoms with E-state index in [-0.39, 0.29) is 9.79 Å². The van der Waals surface area contributed by atoms with E-state index in [2.05, 4.69) is 19.6 Å². The van der Waals surface area contributed by atoms with Crippen LogP contribution in [-0.2, 0) is 20.0 Å². The van der Waals surface area contributed by atoms with E-state index in [0.717, 1.165) is 22.3 Å². The van der Waals surface area contributed by atoms with Crippen LogP contribution in [0.4, 0.5) is 11.4 Å². The third kappa shape index (κ3) is 5.21. The van der Waals surface area contributed by atoms with Gasteiger partial charge in [0.25, 0.3) is 20.0 Å². The van der Waals surface area contributed by atoms with Crippen molar-refractivity contribution >= 4 is 53.2 Å². The lowest BCUT2D eigenvalue weighted by atomic mass is 10.1. The Labute approximate surface area is 243 Å². The Bertz CT molecular complexity index is 2040. The fourth-order valence-electron chi connectivity index (χ4n) is 4.75. The maximum atomic E-state index is 13.1. The number of rotatable bonds is 7. The van der Waals surface area contributed by atoms with Crippen LogP contribution in [0.15, 0.2) is 95.0 Å². The fraction of sp³-hybridized carbons (Fsp3) is 0.133. The highest BCUT2D eigenvalue weighted by molar-refractivity contribution is 7.93. The van der Waals surface area contributed by atoms with Crippen molar-refractivity contribution in [3.8, 4) is 0 Å². The van der Waals surface area contributed by atoms with Crippen molar-refractivity contribution in [2.75, 3.05) is 9.44 Å². The molecule has 42 heavy (non-hydrogen) atoms. The predicted molar refractivity (Wildman–Crippen MR) is 164 cm³/mol. The van der Waals surface area contributed by atoms with Crippen molar-refractivity contribution in [2.24, 2.45) is 0 Å². The number of nitrogens with one attached hydrogen (secondary N) is 2. The molecule has 0 atom stereocenters. The molecule has 2 N–H and O–H groups in total. The van der Waals surface area contributed by atoms with E-state index in [1.54, 1.807) is 73.1 Å². The lowest BCUT2D eigenvalue weighted by Crippen LogP contribution is -2.14. The zero-order valence-electron chi connectivity index (χ0n) is 23.3. The number of hydrogen-bond acceptors (Lipinski definition) is 6. The number of hydrogen-bond donors (Lipinski definition) is 2. The number of anilines is 2. The molecule has 4 aromatic carbocycles. The molecule has 0 aliphatic heterocycles. The van der Waals surface area contributed by atoms with E-state index < -0.39 is 20.0 Å². The van der Waals surface area contributed by atoms with Gasteiger partial charge in [-0.1, -0.05) is 35.4 Å². The van der Waals surface area contributed by atoms with Crippen LogP contribution in [0.1, 0.15) is 22.3 Å². The van der Waals surface area contributed by atoms with E-state index in [0.29, 0.717) is 33.2 Å². The van der Waals surface area contributed by atoms with Crippen molar-refractivity contribution in [2.45, 2.75) is 37.5 Å². The Morgan fingerprint density at radius 3 is 1.24 bits per heavy atom. The largest absolute Gasteiger partial charge is 0.277 e. The van der Waals surface area contributed by atoms with Gasteiger partial charge in [0.2, 0.25) is 0 Å². The molecule has 0 bridgehead atoms. The van der Waals surface area contributed by atoms with Gasteiger partial charge in [0.15, 0.2) is 0 Å². The highest BCUT2D eigenvalue weighted by Crippen LogP contribution is 2.29. The van der Waals surface area contributed by atoms with Crippen LogP contribution >= 0.6 is 0 Å². The molecule has 214 valence electrons. The summed E-state index contributed by atoms with van der Waals surface area (Å²) in [4.78, 5) is 3.27. The average Bonchev–Trinajstić information content (AvgIpc) is 3.53. The van der Waals surface area contributed by atoms with Crippen molar-refractivity contribution in [1.29, 1.82) is 0 Å². The molecule has 6 rings (SSSR count). The smallest absolute Gasteiger partial charge is 0.261 e. The standard InChI is InChI=1S/C30H28N6O4S2/c1-19-5-9-25(10-6-19)41(37,38)33-27-15-21(3)13-23-17-35(31-29(23)27)36-18-24-14-22(4)16-28(30(24)32-36)34-42(39,40)26-11-7-20(2)8-12-26/h5-18,33-34H,1-4H3. The Balaban J connectivity index is 1.39. The van der Waals surface area contributed by atoms with Gasteiger partial charge in [0.1, 0.15) is 11.0 Å². The molecule has 12 heteroatoms. The van der Waals surface area contributed by atoms with Gasteiger partial charge in [-0.05, 0) is 87.4 Å². The minimum atomic E-state index is -3.85. The Morgan fingerprint density at radius 2 is 0.881 bits per heavy atom. The summed E-state index contributed by atoms with van der Waals surface area (Å²) in [6.07, 6.45) is 3.47. The summed E-state index contributed by atoms with van der Waals surface area (Å²) in [6.45, 7) is 7.53. The van der Waals surface area contributed by atoms with Gasteiger partial charge in [0, 0.05) is 10.8 Å². The Morgan fingerprint density at radius 1 is 0.524 bits per heavy atom. The number of sulfonamides is 2. The molecule has 0 amide bonds. The van der Waals surface area contributed by atoms with Gasteiger partial charge in [-0.15, -0.1) is 10.2 Å². The summed E-state index contributed by atoms with van der Waals surface area (Å²) < 4.78 is 57.9. The Hall–Kier alpha value is -4.68. The second kappa shape index (κ2) is 10.00. The predicted octanol–water partition coefficient (Wildman–Crippen LogP) is 5.53. The molecule has 0 aliphatic carbocycles. The second-order valence-corrected chi connectivity index (χ2v) is 13.8. The van der Waals surface area contributed by atoms with E-state index >= 15 is 0 Å². The average molecular weight is 601 g/mol. The van der Waals surface area contributed by atoms with Gasteiger partial charge in [-0.25, -0.2) is 16.8 Å². The topological polar surface area (TPSA) is 128 Å². The summed E-state index contributed by atoms with van der Waals surface area (Å²) in [5, 5.41) is 10.7. The zero-order valence-corrected chi connectivity index (χ0v) is 25.0. The number of aromatic nitrogens is 4. The van der Waals surface area contributed by atoms with Crippen LogP contribution < -0.4 is 9.44 Å². The zero-order chi connectivity index (χ0) is 29.8. The van der Waals surface area contributed by atoms with Crippen LogP contribution in [0, 0.1) is 27.7 Å². The summed E-state index contributed by atoms with van der Waals surface area (Å²) in [7, 11) is -7.71. The first kappa shape index (κ1) is 27.5. The quantitative estimate of drug-likeness (QED) is 0.248. The molecule has 0 aliphatic rings. The summed E-state index contributed by atoms with van der Waals surface area (Å²) in [6, 6.07) is 20.5. The molecule has 0 unspecified atom stereocenters. The van der Waals surface area contributed by atoms with E-state index in [1.807, 2.05) is 39.8 Å². The molecular weight excluding hydrogens is 573 g/mol. The van der Waals surface area contributed by atoms with Crippen molar-refractivity contribution in [1.82, 2.24) is 19.8 Å². The van der Waals surface area contributed by atoms with Crippen molar-refractivity contribution in [3.05, 3.63) is 107 Å². The molecule has 2 heterocycles. The molecular formula is C30H28N6O4S2. The lowest BCUT2D eigenvalue weighted by Gasteiger charge is -2.10. The fourth-order valence-corrected chi connectivity index (χ4v) is 6.87. The first-order valence-electron chi connectivity index (χ1n) is 13.1. The van der Waals surface area contributed by atoms with Gasteiger partial charge in [-0.2, -0.15) is 9.58 Å². The van der Waals surface area contributed by atoms with Crippen LogP contribution in [0.25, 0.3) is 21.8 Å². The molecule has 0 fully saturated rings. The highest BCUT2D eigenvalue weighted by atomic mass is 32.2. The van der Waals surface area contributed by atoms with Gasteiger partial charge < -0.3 is 0 Å². The minimum Gasteiger partial charge on any atom is -0.277 e. The minimum absolute atomic E-state index is 0.150. The van der Waals surface area contributed by atoms with Crippen LogP contribution in [0.3, 0.4) is 0 Å². The van der Waals surface area contributed by atoms with Gasteiger partial charge >= 0.3 is 0 Å². The third-order valence-corrected chi connectivity index (χ3v) is 9.61. The second-order valence-electron chi connectivity index (χ2n) is 10.4. The van der Waals surface area contributed by atoms with Crippen LogP contribution in [0.5, 0.6) is 0 Å². The number of fused-ring (bicyclic) bond motifs is 2. The SMILES string of the molecule is Cc1ccc(S(=O)(=O)Nc2cc(C)cc3cn(-n4cc5cc(C)cc(NS(=O)(=O)c6ccc(C)cc6)c5n4)nc23)cc1. The number of nitrogens with zero attached hydrogens (tertiary/aromatic N) is 4. The summed E-state index contributed by atoms with van der Waals surface area (Å²) in [5.74, 6) is 0. The number of aryl methyl sites for hydroxylation is 4. The summed E-state index contributed by atoms with van der Waals surface area (Å²) >= 11 is 0. The van der Waals surface area contributed by atoms with Crippen LogP contribution in [-0.4, -0.2) is 36.6 Å². The van der Waals surface area contributed by atoms with Gasteiger partial charge in [0.05, 0.1) is 33.6 Å². The maximum absolute atomic E-state index is 13.1. The normalized spacial score (nSPS) is 12.2. The molecule has 10 nitrogen and oxygen atoms in total. The molecule has 0 saturated carbocycles. The van der Waals surface area contributed by atoms with Crippen molar-refractivity contribution < 1.29 is 16.8 Å². The first-order chi connectivity index (χ1) is 19.9. The molecule has 0 radical (unpaired) electrons. The lowest BCUT2D eigenvalue weighted by molar-refractivity contribution is 0.518. The van der Waals surface area contributed by atoms with E-state index in [9.17, 15) is 16.8 Å². The van der Waals surface area contributed by atoms with Crippen molar-refractivity contribution in [3.63, 3.8) is 0 Å². The Kier molecular flexibility index (Phi) is 6.54. The van der Waals surface area contributed by atoms with E-state index in [4.69, 9.17) is 0 Å². The van der Waals surface area contributed by atoms with Crippen LogP contribution in [0.2, 0.25) is 0 Å². The molecule has 0 saturated heterocycles. The molecule has 6 aromatic rings. The molecule has 0 spiro atoms. The molecule has 2 aromatic heterocycles. The summed E-state index contributed by atoms with van der Waals surface area (Å²) in [5.41, 5.74) is 5.15. The van der Waals surface area contributed by atoms with Gasteiger partial charge in [-0.3, -0.25) is 9.44 Å². The third-order valence-electron chi connectivity index (χ3n) is 6.84. The number of benzene rings is 4.